The molecule has 140 valence electrons. The van der Waals surface area contributed by atoms with E-state index in [1.807, 2.05) is 30.3 Å². The van der Waals surface area contributed by atoms with Gasteiger partial charge in [0, 0.05) is 19.6 Å². The minimum absolute atomic E-state index is 0.0567. The second-order valence-electron chi connectivity index (χ2n) is 6.57. The Balaban J connectivity index is 1.68. The number of anilines is 1. The molecule has 27 heavy (non-hydrogen) atoms. The zero-order valence-electron chi connectivity index (χ0n) is 14.6. The summed E-state index contributed by atoms with van der Waals surface area (Å²) < 4.78 is 5.42. The van der Waals surface area contributed by atoms with Crippen molar-refractivity contribution >= 4 is 40.5 Å². The molecule has 2 aromatic rings. The van der Waals surface area contributed by atoms with Crippen LogP contribution in [0.2, 0.25) is 10.0 Å². The average Bonchev–Trinajstić information content (AvgIpc) is 3.02. The van der Waals surface area contributed by atoms with E-state index in [0.717, 1.165) is 24.4 Å². The number of benzene rings is 2. The van der Waals surface area contributed by atoms with E-state index in [1.165, 1.54) is 5.01 Å². The lowest BCUT2D eigenvalue weighted by Gasteiger charge is -2.28. The van der Waals surface area contributed by atoms with Gasteiger partial charge in [0.25, 0.3) is 5.91 Å². The molecule has 2 aliphatic rings. The highest BCUT2D eigenvalue weighted by molar-refractivity contribution is 6.42. The lowest BCUT2D eigenvalue weighted by atomic mass is 9.96. The molecule has 2 aromatic carbocycles. The first-order valence-corrected chi connectivity index (χ1v) is 9.62. The van der Waals surface area contributed by atoms with Crippen molar-refractivity contribution < 1.29 is 9.53 Å². The molecule has 1 amide bonds. The fourth-order valence-corrected chi connectivity index (χ4v) is 3.66. The van der Waals surface area contributed by atoms with Gasteiger partial charge in [-0.25, -0.2) is 0 Å². The van der Waals surface area contributed by atoms with E-state index in [9.17, 15) is 4.79 Å². The fourth-order valence-electron chi connectivity index (χ4n) is 3.37. The number of carbonyl (C=O) groups excluding carboxylic acids is 1. The van der Waals surface area contributed by atoms with Gasteiger partial charge < -0.3 is 4.74 Å². The highest BCUT2D eigenvalue weighted by Crippen LogP contribution is 2.32. The van der Waals surface area contributed by atoms with Crippen LogP contribution in [0.25, 0.3) is 0 Å². The summed E-state index contributed by atoms with van der Waals surface area (Å²) >= 11 is 12.2. The third kappa shape index (κ3) is 3.87. The number of hydrogen-bond acceptors (Lipinski definition) is 4. The molecule has 1 fully saturated rings. The summed E-state index contributed by atoms with van der Waals surface area (Å²) in [4.78, 5) is 15.5. The third-order valence-electron chi connectivity index (χ3n) is 4.81. The standard InChI is InChI=1S/C20H19Cl2N3O2/c21-17-7-6-15(12-18(17)22)25-20(26)16(13-24-8-10-27-11-9-24)19(23-25)14-4-2-1-3-5-14/h1-7,12,16H,8-11,13H2/t16-/m1/s1. The first-order chi connectivity index (χ1) is 13.1. The van der Waals surface area contributed by atoms with E-state index in [2.05, 4.69) is 10.0 Å². The topological polar surface area (TPSA) is 45.1 Å². The Labute approximate surface area is 168 Å². The molecule has 0 aliphatic carbocycles. The Morgan fingerprint density at radius 1 is 1.04 bits per heavy atom. The average molecular weight is 404 g/mol. The van der Waals surface area contributed by atoms with E-state index < -0.39 is 0 Å². The molecule has 1 saturated heterocycles. The van der Waals surface area contributed by atoms with Crippen molar-refractivity contribution in [3.05, 3.63) is 64.1 Å². The van der Waals surface area contributed by atoms with Crippen LogP contribution in [0.3, 0.4) is 0 Å². The van der Waals surface area contributed by atoms with Gasteiger partial charge in [0.05, 0.1) is 40.6 Å². The predicted octanol–water partition coefficient (Wildman–Crippen LogP) is 3.69. The van der Waals surface area contributed by atoms with E-state index in [4.69, 9.17) is 27.9 Å². The molecule has 0 spiro atoms. The zero-order valence-corrected chi connectivity index (χ0v) is 16.2. The Morgan fingerprint density at radius 3 is 2.48 bits per heavy atom. The van der Waals surface area contributed by atoms with Crippen molar-refractivity contribution in [1.29, 1.82) is 0 Å². The van der Waals surface area contributed by atoms with Crippen LogP contribution in [0.5, 0.6) is 0 Å². The van der Waals surface area contributed by atoms with Gasteiger partial charge in [0.1, 0.15) is 0 Å². The molecule has 5 nitrogen and oxygen atoms in total. The van der Waals surface area contributed by atoms with E-state index in [-0.39, 0.29) is 11.8 Å². The van der Waals surface area contributed by atoms with E-state index >= 15 is 0 Å². The molecule has 7 heteroatoms. The summed E-state index contributed by atoms with van der Waals surface area (Å²) in [6.07, 6.45) is 0. The Bertz CT molecular complexity index is 867. The normalized spacial score (nSPS) is 20.8. The maximum Gasteiger partial charge on any atom is 0.257 e. The first kappa shape index (κ1) is 18.4. The Hall–Kier alpha value is -1.92. The van der Waals surface area contributed by atoms with Crippen LogP contribution >= 0.6 is 23.2 Å². The van der Waals surface area contributed by atoms with Crippen LogP contribution in [0, 0.1) is 5.92 Å². The molecule has 4 rings (SSSR count). The molecule has 2 aliphatic heterocycles. The molecule has 0 unspecified atom stereocenters. The van der Waals surface area contributed by atoms with Gasteiger partial charge in [-0.1, -0.05) is 53.5 Å². The molecule has 0 saturated carbocycles. The van der Waals surface area contributed by atoms with Crippen molar-refractivity contribution in [3.63, 3.8) is 0 Å². The summed E-state index contributed by atoms with van der Waals surface area (Å²) in [6.45, 7) is 3.63. The van der Waals surface area contributed by atoms with Gasteiger partial charge in [-0.2, -0.15) is 10.1 Å². The zero-order chi connectivity index (χ0) is 18.8. The molecule has 2 heterocycles. The van der Waals surface area contributed by atoms with Crippen molar-refractivity contribution in [2.24, 2.45) is 11.0 Å². The summed E-state index contributed by atoms with van der Waals surface area (Å²) in [6, 6.07) is 14.9. The minimum atomic E-state index is -0.333. The lowest BCUT2D eigenvalue weighted by molar-refractivity contribution is -0.120. The van der Waals surface area contributed by atoms with Crippen LogP contribution in [0.4, 0.5) is 5.69 Å². The largest absolute Gasteiger partial charge is 0.379 e. The molecular weight excluding hydrogens is 385 g/mol. The molecule has 0 aromatic heterocycles. The summed E-state index contributed by atoms with van der Waals surface area (Å²) in [5.74, 6) is -0.390. The number of hydrogen-bond donors (Lipinski definition) is 0. The quantitative estimate of drug-likeness (QED) is 0.781. The SMILES string of the molecule is O=C1[C@H](CN2CCOCC2)C(c2ccccc2)=NN1c1ccc(Cl)c(Cl)c1. The summed E-state index contributed by atoms with van der Waals surface area (Å²) in [7, 11) is 0. The lowest BCUT2D eigenvalue weighted by Crippen LogP contribution is -2.43. The number of morpholine rings is 1. The van der Waals surface area contributed by atoms with Crippen molar-refractivity contribution in [2.75, 3.05) is 37.9 Å². The molecule has 0 N–H and O–H groups in total. The number of hydrazone groups is 1. The Morgan fingerprint density at radius 2 is 1.78 bits per heavy atom. The fraction of sp³-hybridized carbons (Fsp3) is 0.300. The van der Waals surface area contributed by atoms with Gasteiger partial charge in [-0.05, 0) is 23.8 Å². The minimum Gasteiger partial charge on any atom is -0.379 e. The second kappa shape index (κ2) is 7.98. The molecule has 0 radical (unpaired) electrons. The first-order valence-electron chi connectivity index (χ1n) is 8.86. The van der Waals surface area contributed by atoms with E-state index in [0.29, 0.717) is 35.5 Å². The van der Waals surface area contributed by atoms with Crippen LogP contribution in [-0.4, -0.2) is 49.4 Å². The summed E-state index contributed by atoms with van der Waals surface area (Å²) in [5, 5.41) is 6.95. The molecule has 0 bridgehead atoms. The number of rotatable bonds is 4. The van der Waals surface area contributed by atoms with Crippen LogP contribution in [0.15, 0.2) is 53.6 Å². The highest BCUT2D eigenvalue weighted by atomic mass is 35.5. The summed E-state index contributed by atoms with van der Waals surface area (Å²) in [5.41, 5.74) is 2.34. The maximum atomic E-state index is 13.2. The van der Waals surface area contributed by atoms with Crippen molar-refractivity contribution in [1.82, 2.24) is 4.90 Å². The number of halogens is 2. The number of nitrogens with zero attached hydrogens (tertiary/aromatic N) is 3. The van der Waals surface area contributed by atoms with Gasteiger partial charge in [-0.3, -0.25) is 9.69 Å². The van der Waals surface area contributed by atoms with Crippen LogP contribution < -0.4 is 5.01 Å². The van der Waals surface area contributed by atoms with E-state index in [1.54, 1.807) is 18.2 Å². The smallest absolute Gasteiger partial charge is 0.257 e. The monoisotopic (exact) mass is 403 g/mol. The van der Waals surface area contributed by atoms with Gasteiger partial charge in [-0.15, -0.1) is 0 Å². The van der Waals surface area contributed by atoms with Crippen LogP contribution in [-0.2, 0) is 9.53 Å². The highest BCUT2D eigenvalue weighted by Gasteiger charge is 2.38. The number of carbonyl (C=O) groups is 1. The third-order valence-corrected chi connectivity index (χ3v) is 5.55. The predicted molar refractivity (Wildman–Crippen MR) is 108 cm³/mol. The van der Waals surface area contributed by atoms with Gasteiger partial charge in [0.15, 0.2) is 0 Å². The molecular formula is C20H19Cl2N3O2. The molecule has 1 atom stereocenters. The Kier molecular flexibility index (Phi) is 5.45. The number of amides is 1. The van der Waals surface area contributed by atoms with Crippen molar-refractivity contribution in [3.8, 4) is 0 Å². The van der Waals surface area contributed by atoms with Crippen molar-refractivity contribution in [2.45, 2.75) is 0 Å². The second-order valence-corrected chi connectivity index (χ2v) is 7.38. The van der Waals surface area contributed by atoms with Gasteiger partial charge >= 0.3 is 0 Å². The van der Waals surface area contributed by atoms with Gasteiger partial charge in [0.2, 0.25) is 0 Å². The number of ether oxygens (including phenoxy) is 1. The maximum absolute atomic E-state index is 13.2. The van der Waals surface area contributed by atoms with Crippen LogP contribution in [0.1, 0.15) is 5.56 Å².